The first kappa shape index (κ1) is 11.0. The van der Waals surface area contributed by atoms with E-state index in [9.17, 15) is 9.59 Å². The smallest absolute Gasteiger partial charge is 0.410 e. The summed E-state index contributed by atoms with van der Waals surface area (Å²) in [4.78, 5) is 24.3. The van der Waals surface area contributed by atoms with E-state index in [1.54, 1.807) is 24.3 Å². The van der Waals surface area contributed by atoms with Crippen molar-refractivity contribution in [1.29, 1.82) is 0 Å². The maximum Gasteiger partial charge on any atom is 0.410 e. The van der Waals surface area contributed by atoms with E-state index in [-0.39, 0.29) is 12.3 Å². The molecule has 0 spiro atoms. The van der Waals surface area contributed by atoms with Crippen LogP contribution in [-0.2, 0) is 4.74 Å². The van der Waals surface area contributed by atoms with Crippen molar-refractivity contribution in [3.8, 4) is 0 Å². The zero-order valence-electron chi connectivity index (χ0n) is 8.48. The number of cyclic esters (lactones) is 1. The Morgan fingerprint density at radius 3 is 2.94 bits per heavy atom. The summed E-state index contributed by atoms with van der Waals surface area (Å²) >= 11 is 5.78. The number of benzene rings is 1. The van der Waals surface area contributed by atoms with Gasteiger partial charge < -0.3 is 4.74 Å². The van der Waals surface area contributed by atoms with Crippen molar-refractivity contribution in [3.05, 3.63) is 34.9 Å². The molecule has 0 atom stereocenters. The highest BCUT2D eigenvalue weighted by Crippen LogP contribution is 2.12. The molecule has 1 saturated heterocycles. The monoisotopic (exact) mass is 239 g/mol. The number of hydrogen-bond acceptors (Lipinski definition) is 3. The maximum absolute atomic E-state index is 11.8. The number of amides is 1. The second kappa shape index (κ2) is 4.53. The number of hydrogen-bond donors (Lipinski definition) is 0. The van der Waals surface area contributed by atoms with Crippen LogP contribution in [0.5, 0.6) is 0 Å². The Morgan fingerprint density at radius 2 is 2.31 bits per heavy atom. The molecule has 0 radical (unpaired) electrons. The van der Waals surface area contributed by atoms with Crippen LogP contribution in [0.15, 0.2) is 24.3 Å². The second-order valence-corrected chi connectivity index (χ2v) is 3.91. The van der Waals surface area contributed by atoms with E-state index in [4.69, 9.17) is 16.3 Å². The van der Waals surface area contributed by atoms with E-state index in [2.05, 4.69) is 0 Å². The number of halogens is 1. The predicted octanol–water partition coefficient (Wildman–Crippen LogP) is 1.97. The minimum absolute atomic E-state index is 0.0408. The summed E-state index contributed by atoms with van der Waals surface area (Å²) in [5, 5.41) is 0.509. The fourth-order valence-electron chi connectivity index (χ4n) is 1.50. The molecular formula is C11H10ClNO3. The van der Waals surface area contributed by atoms with Gasteiger partial charge in [-0.2, -0.15) is 0 Å². The van der Waals surface area contributed by atoms with E-state index >= 15 is 0 Å². The number of ether oxygens (including phenoxy) is 1. The molecule has 5 heteroatoms. The molecule has 1 heterocycles. The number of ketones is 1. The van der Waals surface area contributed by atoms with E-state index in [0.717, 1.165) is 0 Å². The molecule has 2 rings (SSSR count). The molecule has 0 bridgehead atoms. The summed E-state index contributed by atoms with van der Waals surface area (Å²) in [5.74, 6) is -0.138. The van der Waals surface area contributed by atoms with Gasteiger partial charge in [-0.15, -0.1) is 0 Å². The fraction of sp³-hybridized carbons (Fsp3) is 0.273. The number of nitrogens with zero attached hydrogens (tertiary/aromatic N) is 1. The molecule has 1 fully saturated rings. The lowest BCUT2D eigenvalue weighted by Gasteiger charge is -2.11. The Balaban J connectivity index is 2.05. The van der Waals surface area contributed by atoms with Crippen molar-refractivity contribution in [1.82, 2.24) is 4.90 Å². The van der Waals surface area contributed by atoms with Crippen LogP contribution in [-0.4, -0.2) is 36.5 Å². The number of rotatable bonds is 3. The van der Waals surface area contributed by atoms with Crippen LogP contribution in [0.3, 0.4) is 0 Å². The van der Waals surface area contributed by atoms with Crippen LogP contribution in [0.1, 0.15) is 10.4 Å². The zero-order valence-corrected chi connectivity index (χ0v) is 9.24. The van der Waals surface area contributed by atoms with Crippen molar-refractivity contribution in [2.45, 2.75) is 0 Å². The molecule has 0 saturated carbocycles. The van der Waals surface area contributed by atoms with Gasteiger partial charge >= 0.3 is 6.09 Å². The standard InChI is InChI=1S/C11H10ClNO3/c12-9-3-1-2-8(6-9)10(14)7-13-4-5-16-11(13)15/h1-3,6H,4-5,7H2. The third-order valence-corrected chi connectivity index (χ3v) is 2.56. The third kappa shape index (κ3) is 2.33. The SMILES string of the molecule is O=C(CN1CCOC1=O)c1cccc(Cl)c1. The molecule has 84 valence electrons. The molecule has 1 aromatic carbocycles. The molecule has 0 unspecified atom stereocenters. The van der Waals surface area contributed by atoms with Crippen molar-refractivity contribution in [2.75, 3.05) is 19.7 Å². The van der Waals surface area contributed by atoms with Crippen LogP contribution >= 0.6 is 11.6 Å². The summed E-state index contributed by atoms with van der Waals surface area (Å²) < 4.78 is 4.73. The average Bonchev–Trinajstić information content (AvgIpc) is 2.64. The van der Waals surface area contributed by atoms with Gasteiger partial charge in [0.2, 0.25) is 0 Å². The predicted molar refractivity (Wildman–Crippen MR) is 58.7 cm³/mol. The average molecular weight is 240 g/mol. The Bertz CT molecular complexity index is 433. The quantitative estimate of drug-likeness (QED) is 0.758. The summed E-state index contributed by atoms with van der Waals surface area (Å²) in [5.41, 5.74) is 0.507. The number of carbonyl (C=O) groups is 2. The lowest BCUT2D eigenvalue weighted by atomic mass is 10.1. The molecule has 0 N–H and O–H groups in total. The van der Waals surface area contributed by atoms with Gasteiger partial charge in [-0.1, -0.05) is 23.7 Å². The van der Waals surface area contributed by atoms with Crippen LogP contribution < -0.4 is 0 Å². The number of Topliss-reactive ketones (excluding diaryl/α,β-unsaturated/α-hetero) is 1. The lowest BCUT2D eigenvalue weighted by molar-refractivity contribution is 0.0943. The first-order valence-electron chi connectivity index (χ1n) is 4.87. The first-order chi connectivity index (χ1) is 7.66. The van der Waals surface area contributed by atoms with Crippen molar-refractivity contribution in [3.63, 3.8) is 0 Å². The topological polar surface area (TPSA) is 46.6 Å². The van der Waals surface area contributed by atoms with Crippen LogP contribution in [0, 0.1) is 0 Å². The molecule has 1 aliphatic rings. The Labute approximate surface area is 97.7 Å². The maximum atomic E-state index is 11.8. The summed E-state index contributed by atoms with van der Waals surface area (Å²) in [6, 6.07) is 6.67. The molecule has 0 aromatic heterocycles. The molecular weight excluding hydrogens is 230 g/mol. The van der Waals surface area contributed by atoms with Gasteiger partial charge in [0.05, 0.1) is 13.1 Å². The van der Waals surface area contributed by atoms with Gasteiger partial charge in [0.15, 0.2) is 5.78 Å². The first-order valence-corrected chi connectivity index (χ1v) is 5.25. The molecule has 1 aromatic rings. The largest absolute Gasteiger partial charge is 0.448 e. The highest BCUT2D eigenvalue weighted by molar-refractivity contribution is 6.31. The zero-order chi connectivity index (χ0) is 11.5. The highest BCUT2D eigenvalue weighted by Gasteiger charge is 2.24. The van der Waals surface area contributed by atoms with Crippen molar-refractivity contribution >= 4 is 23.5 Å². The fourth-order valence-corrected chi connectivity index (χ4v) is 1.69. The van der Waals surface area contributed by atoms with E-state index < -0.39 is 6.09 Å². The highest BCUT2D eigenvalue weighted by atomic mass is 35.5. The summed E-state index contributed by atoms with van der Waals surface area (Å²) in [7, 11) is 0. The molecule has 16 heavy (non-hydrogen) atoms. The van der Waals surface area contributed by atoms with Gasteiger partial charge in [-0.05, 0) is 12.1 Å². The Hall–Kier alpha value is -1.55. The van der Waals surface area contributed by atoms with Crippen LogP contribution in [0.2, 0.25) is 5.02 Å². The van der Waals surface area contributed by atoms with Crippen LogP contribution in [0.4, 0.5) is 4.79 Å². The van der Waals surface area contributed by atoms with Crippen LogP contribution in [0.25, 0.3) is 0 Å². The Morgan fingerprint density at radius 1 is 1.50 bits per heavy atom. The lowest BCUT2D eigenvalue weighted by Crippen LogP contribution is -2.30. The summed E-state index contributed by atoms with van der Waals surface area (Å²) in [6.07, 6.45) is -0.435. The van der Waals surface area contributed by atoms with Gasteiger partial charge in [0.25, 0.3) is 0 Å². The second-order valence-electron chi connectivity index (χ2n) is 3.47. The minimum atomic E-state index is -0.435. The third-order valence-electron chi connectivity index (χ3n) is 2.33. The van der Waals surface area contributed by atoms with Gasteiger partial charge in [-0.3, -0.25) is 9.69 Å². The Kier molecular flexibility index (Phi) is 3.10. The summed E-state index contributed by atoms with van der Waals surface area (Å²) in [6.45, 7) is 0.853. The molecule has 0 aliphatic carbocycles. The van der Waals surface area contributed by atoms with Gasteiger partial charge in [0, 0.05) is 10.6 Å². The normalized spacial score (nSPS) is 15.1. The molecule has 1 aliphatic heterocycles. The molecule has 4 nitrogen and oxygen atoms in total. The van der Waals surface area contributed by atoms with Gasteiger partial charge in [-0.25, -0.2) is 4.79 Å². The minimum Gasteiger partial charge on any atom is -0.448 e. The van der Waals surface area contributed by atoms with Crippen molar-refractivity contribution < 1.29 is 14.3 Å². The number of carbonyl (C=O) groups excluding carboxylic acids is 2. The van der Waals surface area contributed by atoms with E-state index in [0.29, 0.717) is 23.7 Å². The van der Waals surface area contributed by atoms with Gasteiger partial charge in [0.1, 0.15) is 6.61 Å². The van der Waals surface area contributed by atoms with E-state index in [1.165, 1.54) is 4.90 Å². The molecule has 1 amide bonds. The van der Waals surface area contributed by atoms with E-state index in [1.807, 2.05) is 0 Å². The van der Waals surface area contributed by atoms with Crippen molar-refractivity contribution in [2.24, 2.45) is 0 Å².